The number of allylic oxidation sites excluding steroid dienone is 2. The molecule has 1 saturated heterocycles. The Labute approximate surface area is 233 Å². The van der Waals surface area contributed by atoms with Gasteiger partial charge in [-0.15, -0.1) is 11.8 Å². The maximum absolute atomic E-state index is 15.0. The van der Waals surface area contributed by atoms with Gasteiger partial charge in [0.15, 0.2) is 6.17 Å². The van der Waals surface area contributed by atoms with Crippen LogP contribution in [0.2, 0.25) is 0 Å². The van der Waals surface area contributed by atoms with Crippen molar-refractivity contribution < 1.29 is 37.0 Å². The summed E-state index contributed by atoms with van der Waals surface area (Å²) < 4.78 is 59.4. The zero-order valence-electron chi connectivity index (χ0n) is 21.3. The first-order valence-electron chi connectivity index (χ1n) is 12.3. The second-order valence-electron chi connectivity index (χ2n) is 9.09. The number of hydrogen-bond donors (Lipinski definition) is 3. The molecule has 15 heteroatoms. The van der Waals surface area contributed by atoms with E-state index < -0.39 is 61.1 Å². The van der Waals surface area contributed by atoms with E-state index in [0.717, 1.165) is 16.3 Å². The number of anilines is 1. The fourth-order valence-corrected chi connectivity index (χ4v) is 6.92. The van der Waals surface area contributed by atoms with Gasteiger partial charge in [0.05, 0.1) is 11.9 Å². The highest BCUT2D eigenvalue weighted by atomic mass is 32.2. The molecule has 2 heterocycles. The molecule has 0 amide bonds. The van der Waals surface area contributed by atoms with Crippen molar-refractivity contribution in [3.05, 3.63) is 76.9 Å². The number of nitrogen functional groups attached to an aromatic ring is 1. The molecular formula is C25H29F2N4O7PS. The summed E-state index contributed by atoms with van der Waals surface area (Å²) in [4.78, 5) is 28.4. The molecule has 11 nitrogen and oxygen atoms in total. The molecule has 4 rings (SSSR count). The van der Waals surface area contributed by atoms with Crippen molar-refractivity contribution in [2.45, 2.75) is 48.5 Å². The number of benzene rings is 1. The van der Waals surface area contributed by atoms with Crippen LogP contribution in [0, 0.1) is 0 Å². The average molecular weight is 599 g/mol. The summed E-state index contributed by atoms with van der Waals surface area (Å²) >= 11 is 0.893. The Morgan fingerprint density at radius 3 is 2.75 bits per heavy atom. The molecule has 7 atom stereocenters. The van der Waals surface area contributed by atoms with Gasteiger partial charge in [-0.3, -0.25) is 13.9 Å². The third kappa shape index (κ3) is 7.58. The van der Waals surface area contributed by atoms with Crippen LogP contribution >= 0.6 is 19.5 Å². The Balaban J connectivity index is 1.43. The number of nitrogens with one attached hydrogen (secondary N) is 1. The first-order valence-corrected chi connectivity index (χ1v) is 14.8. The Kier molecular flexibility index (Phi) is 9.80. The van der Waals surface area contributed by atoms with Crippen molar-refractivity contribution in [1.82, 2.24) is 14.6 Å². The molecule has 40 heavy (non-hydrogen) atoms. The number of nitrogens with zero attached hydrogens (tertiary/aromatic N) is 2. The topological polar surface area (TPSA) is 155 Å². The van der Waals surface area contributed by atoms with E-state index in [1.165, 1.54) is 43.5 Å². The van der Waals surface area contributed by atoms with Gasteiger partial charge in [-0.05, 0) is 30.7 Å². The second kappa shape index (κ2) is 13.1. The lowest BCUT2D eigenvalue weighted by atomic mass is 10.1. The molecule has 0 radical (unpaired) electrons. The Hall–Kier alpha value is -3.03. The van der Waals surface area contributed by atoms with Gasteiger partial charge in [0.25, 0.3) is 0 Å². The van der Waals surface area contributed by atoms with Crippen LogP contribution in [0.4, 0.5) is 14.6 Å². The predicted molar refractivity (Wildman–Crippen MR) is 145 cm³/mol. The number of alkyl halides is 2. The van der Waals surface area contributed by atoms with E-state index in [4.69, 9.17) is 19.5 Å². The van der Waals surface area contributed by atoms with Gasteiger partial charge >= 0.3 is 19.4 Å². The third-order valence-electron chi connectivity index (χ3n) is 6.01. The largest absolute Gasteiger partial charge is 0.460 e. The van der Waals surface area contributed by atoms with Crippen LogP contribution < -0.4 is 21.0 Å². The van der Waals surface area contributed by atoms with Crippen LogP contribution in [0.1, 0.15) is 18.7 Å². The van der Waals surface area contributed by atoms with Crippen molar-refractivity contribution in [3.63, 3.8) is 0 Å². The fourth-order valence-electron chi connectivity index (χ4n) is 3.88. The van der Waals surface area contributed by atoms with Crippen molar-refractivity contribution in [3.8, 4) is 5.75 Å². The van der Waals surface area contributed by atoms with Crippen LogP contribution in [0.25, 0.3) is 0 Å². The molecule has 1 fully saturated rings. The Morgan fingerprint density at radius 1 is 1.32 bits per heavy atom. The second-order valence-corrected chi connectivity index (χ2v) is 12.1. The molecule has 216 valence electrons. The fraction of sp³-hybridized carbons (Fsp3) is 0.400. The highest BCUT2D eigenvalue weighted by Gasteiger charge is 2.46. The zero-order valence-corrected chi connectivity index (χ0v) is 23.0. The quantitative estimate of drug-likeness (QED) is 0.258. The monoisotopic (exact) mass is 598 g/mol. The number of aliphatic hydroxyl groups excluding tert-OH is 1. The molecule has 2 aromatic rings. The van der Waals surface area contributed by atoms with Crippen LogP contribution in [0.5, 0.6) is 5.75 Å². The minimum absolute atomic E-state index is 0.0295. The molecule has 0 spiro atoms. The summed E-state index contributed by atoms with van der Waals surface area (Å²) in [5.74, 6) is -0.637. The Bertz CT molecular complexity index is 1360. The summed E-state index contributed by atoms with van der Waals surface area (Å²) in [5.41, 5.74) is 5.33. The molecule has 1 aromatic carbocycles. The molecular weight excluding hydrogens is 569 g/mol. The van der Waals surface area contributed by atoms with Crippen molar-refractivity contribution in [1.29, 1.82) is 0 Å². The van der Waals surface area contributed by atoms with Gasteiger partial charge in [-0.1, -0.05) is 36.4 Å². The molecule has 2 unspecified atom stereocenters. The van der Waals surface area contributed by atoms with E-state index in [0.29, 0.717) is 5.57 Å². The van der Waals surface area contributed by atoms with Crippen LogP contribution in [-0.4, -0.2) is 63.6 Å². The first kappa shape index (κ1) is 29.9. The summed E-state index contributed by atoms with van der Waals surface area (Å²) in [6.07, 6.45) is 1.44. The van der Waals surface area contributed by atoms with E-state index in [1.807, 2.05) is 0 Å². The molecule has 0 saturated carbocycles. The maximum Gasteiger partial charge on any atom is 0.459 e. The molecule has 1 aliphatic heterocycles. The summed E-state index contributed by atoms with van der Waals surface area (Å²) in [5, 5.41) is 10.9. The summed E-state index contributed by atoms with van der Waals surface area (Å²) in [6, 6.07) is 8.19. The third-order valence-corrected chi connectivity index (χ3v) is 9.18. The van der Waals surface area contributed by atoms with E-state index in [2.05, 4.69) is 10.1 Å². The van der Waals surface area contributed by atoms with Crippen molar-refractivity contribution in [2.24, 2.45) is 0 Å². The summed E-state index contributed by atoms with van der Waals surface area (Å²) in [7, 11) is -4.30. The Morgan fingerprint density at radius 2 is 2.08 bits per heavy atom. The smallest absolute Gasteiger partial charge is 0.459 e. The number of para-hydroxylation sites is 1. The van der Waals surface area contributed by atoms with Gasteiger partial charge in [0.1, 0.15) is 41.9 Å². The van der Waals surface area contributed by atoms with Crippen LogP contribution in [0.3, 0.4) is 0 Å². The SMILES string of the molecule is C[C@H](NP(=O)(OC[C@H]1S[C@@H](n2ccc(N)nc2=O)[C@@H](F)[C@@H]1O)Oc1ccccc1)C(=O)OCC1=CCC(F)C=C1. The molecule has 1 aromatic heterocycles. The number of hydrogen-bond acceptors (Lipinski definition) is 10. The number of aliphatic hydroxyl groups is 1. The number of esters is 1. The van der Waals surface area contributed by atoms with E-state index in [-0.39, 0.29) is 24.6 Å². The number of halogens is 2. The van der Waals surface area contributed by atoms with Gasteiger partial charge < -0.3 is 20.1 Å². The average Bonchev–Trinajstić information content (AvgIpc) is 3.20. The van der Waals surface area contributed by atoms with Gasteiger partial charge in [-0.25, -0.2) is 18.1 Å². The number of thioether (sulfide) groups is 1. The van der Waals surface area contributed by atoms with E-state index in [9.17, 15) is 28.0 Å². The first-order chi connectivity index (χ1) is 19.0. The molecule has 1 aliphatic carbocycles. The lowest BCUT2D eigenvalue weighted by Crippen LogP contribution is -2.37. The van der Waals surface area contributed by atoms with Crippen molar-refractivity contribution >= 4 is 31.3 Å². The molecule has 2 aliphatic rings. The minimum Gasteiger partial charge on any atom is -0.460 e. The van der Waals surface area contributed by atoms with Gasteiger partial charge in [0.2, 0.25) is 0 Å². The van der Waals surface area contributed by atoms with Gasteiger partial charge in [-0.2, -0.15) is 10.1 Å². The molecule has 4 N–H and O–H groups in total. The maximum atomic E-state index is 15.0. The number of aromatic nitrogens is 2. The van der Waals surface area contributed by atoms with Crippen LogP contribution in [-0.2, 0) is 18.6 Å². The number of rotatable bonds is 11. The minimum atomic E-state index is -4.30. The number of carbonyl (C=O) groups excluding carboxylic acids is 1. The highest BCUT2D eigenvalue weighted by Crippen LogP contribution is 2.49. The van der Waals surface area contributed by atoms with E-state index in [1.54, 1.807) is 24.3 Å². The standard InChI is InChI=1S/C25H29F2N4O7PS/c1-15(24(33)36-13-16-7-9-17(26)10-8-16)30-39(35,38-18-5-3-2-4-6-18)37-14-19-22(32)21(27)23(40-19)31-12-11-20(28)29-25(31)34/h2-9,11-12,15,17,19,21-23,32H,10,13-14H2,1H3,(H,30,35)(H2,28,29,34)/t15-,17?,19+,21-,22+,23+,39?/m0/s1. The van der Waals surface area contributed by atoms with Crippen molar-refractivity contribution in [2.75, 3.05) is 18.9 Å². The predicted octanol–water partition coefficient (Wildman–Crippen LogP) is 3.09. The van der Waals surface area contributed by atoms with Gasteiger partial charge in [0, 0.05) is 12.6 Å². The highest BCUT2D eigenvalue weighted by molar-refractivity contribution is 8.00. The number of ether oxygens (including phenoxy) is 1. The molecule has 0 bridgehead atoms. The lowest BCUT2D eigenvalue weighted by molar-refractivity contribution is -0.144. The summed E-state index contributed by atoms with van der Waals surface area (Å²) in [6.45, 7) is 0.825. The number of carbonyl (C=O) groups is 1. The number of nitrogens with two attached hydrogens (primary N) is 1. The normalized spacial score (nSPS) is 26.5. The lowest BCUT2D eigenvalue weighted by Gasteiger charge is -2.24. The van der Waals surface area contributed by atoms with Crippen LogP contribution in [0.15, 0.2) is 71.2 Å². The van der Waals surface area contributed by atoms with E-state index >= 15 is 0 Å². The zero-order chi connectivity index (χ0) is 28.9.